The first-order chi connectivity index (χ1) is 6.26. The van der Waals surface area contributed by atoms with Gasteiger partial charge in [-0.2, -0.15) is 0 Å². The first-order valence-electron chi connectivity index (χ1n) is 6.26. The Bertz CT molecular complexity index is 141. The second-order valence-corrected chi connectivity index (χ2v) is 6.47. The van der Waals surface area contributed by atoms with Gasteiger partial charge in [0.05, 0.1) is 0 Å². The Morgan fingerprint density at radius 1 is 0.929 bits per heavy atom. The molecule has 0 aromatic carbocycles. The van der Waals surface area contributed by atoms with E-state index in [1.54, 1.807) is 0 Å². The van der Waals surface area contributed by atoms with Gasteiger partial charge in [0, 0.05) is 0 Å². The zero-order valence-electron chi connectivity index (χ0n) is 11.4. The van der Waals surface area contributed by atoms with Crippen molar-refractivity contribution in [3.63, 3.8) is 0 Å². The minimum atomic E-state index is 0.495. The lowest BCUT2D eigenvalue weighted by molar-refractivity contribution is 0.241. The van der Waals surface area contributed by atoms with E-state index >= 15 is 0 Å². The van der Waals surface area contributed by atoms with Gasteiger partial charge < -0.3 is 0 Å². The van der Waals surface area contributed by atoms with E-state index in [9.17, 15) is 0 Å². The molecule has 0 rings (SSSR count). The van der Waals surface area contributed by atoms with Crippen LogP contribution in [0.25, 0.3) is 0 Å². The van der Waals surface area contributed by atoms with Gasteiger partial charge >= 0.3 is 0 Å². The third-order valence-corrected chi connectivity index (χ3v) is 3.35. The highest BCUT2D eigenvalue weighted by Crippen LogP contribution is 2.30. The fourth-order valence-corrected chi connectivity index (χ4v) is 2.40. The Morgan fingerprint density at radius 2 is 1.43 bits per heavy atom. The summed E-state index contributed by atoms with van der Waals surface area (Å²) in [5, 5.41) is 0. The van der Waals surface area contributed by atoms with Crippen LogP contribution >= 0.6 is 0 Å². The normalized spacial score (nSPS) is 19.1. The maximum atomic E-state index is 2.41. The summed E-state index contributed by atoms with van der Waals surface area (Å²) >= 11 is 0. The summed E-state index contributed by atoms with van der Waals surface area (Å²) in [4.78, 5) is 0. The highest BCUT2D eigenvalue weighted by Gasteiger charge is 2.19. The molecule has 0 saturated heterocycles. The lowest BCUT2D eigenvalue weighted by atomic mass is 9.79. The molecule has 0 aliphatic heterocycles. The molecular formula is C14H30. The largest absolute Gasteiger partial charge is 0.0651 e. The zero-order valence-corrected chi connectivity index (χ0v) is 11.4. The third-order valence-electron chi connectivity index (χ3n) is 3.35. The van der Waals surface area contributed by atoms with Crippen LogP contribution in [-0.2, 0) is 0 Å². The second kappa shape index (κ2) is 5.78. The minimum Gasteiger partial charge on any atom is -0.0651 e. The van der Waals surface area contributed by atoms with Crippen molar-refractivity contribution in [1.29, 1.82) is 0 Å². The van der Waals surface area contributed by atoms with E-state index in [0.29, 0.717) is 5.41 Å². The standard InChI is InChI=1S/C14H30/c1-8-12(3)13(4)9-11(2)10-14(5,6)7/h11-13H,8-10H2,1-7H3. The molecule has 0 aromatic rings. The van der Waals surface area contributed by atoms with Crippen molar-refractivity contribution in [3.05, 3.63) is 0 Å². The molecule has 0 N–H and O–H groups in total. The maximum absolute atomic E-state index is 2.41. The molecule has 0 aromatic heterocycles. The van der Waals surface area contributed by atoms with Gasteiger partial charge in [-0.05, 0) is 36.0 Å². The zero-order chi connectivity index (χ0) is 11.4. The smallest absolute Gasteiger partial charge is 0.0380 e. The van der Waals surface area contributed by atoms with Crippen molar-refractivity contribution in [1.82, 2.24) is 0 Å². The van der Waals surface area contributed by atoms with Gasteiger partial charge in [-0.25, -0.2) is 0 Å². The topological polar surface area (TPSA) is 0 Å². The predicted molar refractivity (Wildman–Crippen MR) is 66.5 cm³/mol. The van der Waals surface area contributed by atoms with E-state index in [0.717, 1.165) is 17.8 Å². The first kappa shape index (κ1) is 14.0. The molecule has 0 aliphatic carbocycles. The number of hydrogen-bond donors (Lipinski definition) is 0. The average Bonchev–Trinajstić information content (AvgIpc) is 1.99. The molecule has 3 atom stereocenters. The number of hydrogen-bond acceptors (Lipinski definition) is 0. The van der Waals surface area contributed by atoms with E-state index in [1.807, 2.05) is 0 Å². The van der Waals surface area contributed by atoms with Gasteiger partial charge in [-0.15, -0.1) is 0 Å². The molecule has 86 valence electrons. The third kappa shape index (κ3) is 6.45. The monoisotopic (exact) mass is 198 g/mol. The van der Waals surface area contributed by atoms with E-state index < -0.39 is 0 Å². The van der Waals surface area contributed by atoms with Crippen molar-refractivity contribution in [2.45, 2.75) is 67.7 Å². The summed E-state index contributed by atoms with van der Waals surface area (Å²) in [6.45, 7) is 16.5. The van der Waals surface area contributed by atoms with Crippen LogP contribution in [0.15, 0.2) is 0 Å². The molecule has 0 saturated carbocycles. The fourth-order valence-electron chi connectivity index (χ4n) is 2.40. The van der Waals surface area contributed by atoms with Crippen molar-refractivity contribution in [2.75, 3.05) is 0 Å². The van der Waals surface area contributed by atoms with E-state index in [2.05, 4.69) is 48.5 Å². The van der Waals surface area contributed by atoms with E-state index in [4.69, 9.17) is 0 Å². The fraction of sp³-hybridized carbons (Fsp3) is 1.00. The Balaban J connectivity index is 3.88. The van der Waals surface area contributed by atoms with Gasteiger partial charge in [0.15, 0.2) is 0 Å². The van der Waals surface area contributed by atoms with Crippen LogP contribution in [-0.4, -0.2) is 0 Å². The van der Waals surface area contributed by atoms with Gasteiger partial charge in [0.2, 0.25) is 0 Å². The highest BCUT2D eigenvalue weighted by molar-refractivity contribution is 4.70. The van der Waals surface area contributed by atoms with Crippen LogP contribution in [0.2, 0.25) is 0 Å². The van der Waals surface area contributed by atoms with Crippen LogP contribution in [0.4, 0.5) is 0 Å². The Kier molecular flexibility index (Phi) is 5.78. The summed E-state index contributed by atoms with van der Waals surface area (Å²) < 4.78 is 0. The predicted octanol–water partition coefficient (Wildman–Crippen LogP) is 5.13. The highest BCUT2D eigenvalue weighted by atomic mass is 14.2. The molecule has 14 heavy (non-hydrogen) atoms. The van der Waals surface area contributed by atoms with Crippen molar-refractivity contribution >= 4 is 0 Å². The van der Waals surface area contributed by atoms with Crippen molar-refractivity contribution in [2.24, 2.45) is 23.2 Å². The molecule has 0 heterocycles. The molecule has 0 radical (unpaired) electrons. The maximum Gasteiger partial charge on any atom is -0.0380 e. The van der Waals surface area contributed by atoms with Crippen molar-refractivity contribution < 1.29 is 0 Å². The molecule has 0 amide bonds. The van der Waals surface area contributed by atoms with Crippen LogP contribution in [0, 0.1) is 23.2 Å². The quantitative estimate of drug-likeness (QED) is 0.574. The molecule has 0 spiro atoms. The molecule has 0 fully saturated rings. The van der Waals surface area contributed by atoms with Gasteiger partial charge in [0.1, 0.15) is 0 Å². The van der Waals surface area contributed by atoms with E-state index in [-0.39, 0.29) is 0 Å². The van der Waals surface area contributed by atoms with Crippen LogP contribution in [0.1, 0.15) is 67.7 Å². The van der Waals surface area contributed by atoms with Gasteiger partial charge in [-0.1, -0.05) is 54.9 Å². The minimum absolute atomic E-state index is 0.495. The Labute approximate surface area is 91.5 Å². The van der Waals surface area contributed by atoms with Crippen LogP contribution in [0.3, 0.4) is 0 Å². The lowest BCUT2D eigenvalue weighted by Gasteiger charge is -2.27. The summed E-state index contributed by atoms with van der Waals surface area (Å²) in [6.07, 6.45) is 4.07. The SMILES string of the molecule is CCC(C)C(C)CC(C)CC(C)(C)C. The summed E-state index contributed by atoms with van der Waals surface area (Å²) in [7, 11) is 0. The second-order valence-electron chi connectivity index (χ2n) is 6.47. The summed E-state index contributed by atoms with van der Waals surface area (Å²) in [5.74, 6) is 2.65. The molecule has 0 nitrogen and oxygen atoms in total. The Morgan fingerprint density at radius 3 is 1.79 bits per heavy atom. The van der Waals surface area contributed by atoms with E-state index in [1.165, 1.54) is 19.3 Å². The molecule has 0 heteroatoms. The molecule has 3 unspecified atom stereocenters. The first-order valence-corrected chi connectivity index (χ1v) is 6.26. The van der Waals surface area contributed by atoms with Gasteiger partial charge in [0.25, 0.3) is 0 Å². The average molecular weight is 198 g/mol. The molecule has 0 aliphatic rings. The van der Waals surface area contributed by atoms with Crippen molar-refractivity contribution in [3.8, 4) is 0 Å². The summed E-state index contributed by atoms with van der Waals surface area (Å²) in [5.41, 5.74) is 0.495. The number of rotatable bonds is 5. The lowest BCUT2D eigenvalue weighted by Crippen LogP contribution is -2.16. The molecule has 0 bridgehead atoms. The summed E-state index contributed by atoms with van der Waals surface area (Å²) in [6, 6.07) is 0. The van der Waals surface area contributed by atoms with Gasteiger partial charge in [-0.3, -0.25) is 0 Å². The Hall–Kier alpha value is 0. The van der Waals surface area contributed by atoms with Crippen LogP contribution < -0.4 is 0 Å². The molecular weight excluding hydrogens is 168 g/mol. The van der Waals surface area contributed by atoms with Crippen LogP contribution in [0.5, 0.6) is 0 Å².